The fourth-order valence-electron chi connectivity index (χ4n) is 2.58. The van der Waals surface area contributed by atoms with Crippen molar-refractivity contribution in [3.05, 3.63) is 59.2 Å². The molecule has 2 aromatic rings. The molecule has 0 unspecified atom stereocenters. The van der Waals surface area contributed by atoms with E-state index in [1.165, 1.54) is 0 Å². The molecule has 0 fully saturated rings. The third-order valence-corrected chi connectivity index (χ3v) is 3.89. The molecule has 0 aliphatic rings. The minimum atomic E-state index is 0.164. The molecule has 0 N–H and O–H groups in total. The van der Waals surface area contributed by atoms with E-state index in [4.69, 9.17) is 9.47 Å². The molecule has 24 heavy (non-hydrogen) atoms. The van der Waals surface area contributed by atoms with Crippen LogP contribution >= 0.6 is 0 Å². The number of hydrogen-bond donors (Lipinski definition) is 0. The first-order valence-electron chi connectivity index (χ1n) is 8.45. The van der Waals surface area contributed by atoms with Crippen molar-refractivity contribution >= 4 is 5.78 Å². The Kier molecular flexibility index (Phi) is 6.42. The lowest BCUT2D eigenvalue weighted by atomic mass is 10.0. The van der Waals surface area contributed by atoms with Crippen molar-refractivity contribution in [1.82, 2.24) is 0 Å². The molecule has 0 heterocycles. The number of benzene rings is 2. The molecular formula is C21H26O3. The summed E-state index contributed by atoms with van der Waals surface area (Å²) in [5.41, 5.74) is 2.96. The summed E-state index contributed by atoms with van der Waals surface area (Å²) >= 11 is 0. The molecule has 128 valence electrons. The van der Waals surface area contributed by atoms with Crippen molar-refractivity contribution < 1.29 is 14.3 Å². The van der Waals surface area contributed by atoms with Crippen molar-refractivity contribution in [1.29, 1.82) is 0 Å². The predicted octanol–water partition coefficient (Wildman–Crippen LogP) is 5.07. The van der Waals surface area contributed by atoms with Crippen molar-refractivity contribution in [3.63, 3.8) is 0 Å². The predicted molar refractivity (Wildman–Crippen MR) is 96.9 cm³/mol. The molecule has 0 bridgehead atoms. The summed E-state index contributed by atoms with van der Waals surface area (Å²) in [4.78, 5) is 11.7. The molecule has 0 amide bonds. The molecule has 0 radical (unpaired) electrons. The molecule has 0 atom stereocenters. The van der Waals surface area contributed by atoms with Gasteiger partial charge in [0.1, 0.15) is 18.1 Å². The van der Waals surface area contributed by atoms with Crippen LogP contribution in [-0.2, 0) is 13.0 Å². The number of ether oxygens (including phenoxy) is 2. The highest BCUT2D eigenvalue weighted by Crippen LogP contribution is 2.27. The lowest BCUT2D eigenvalue weighted by Gasteiger charge is -2.14. The Hall–Kier alpha value is -2.29. The van der Waals surface area contributed by atoms with E-state index < -0.39 is 0 Å². The topological polar surface area (TPSA) is 35.5 Å². The number of hydrogen-bond acceptors (Lipinski definition) is 3. The summed E-state index contributed by atoms with van der Waals surface area (Å²) in [6, 6.07) is 13.6. The second kappa shape index (κ2) is 8.53. The Morgan fingerprint density at radius 3 is 2.38 bits per heavy atom. The second-order valence-corrected chi connectivity index (χ2v) is 6.33. The van der Waals surface area contributed by atoms with Gasteiger partial charge in [-0.1, -0.05) is 45.0 Å². The smallest absolute Gasteiger partial charge is 0.162 e. The number of carbonyl (C=O) groups excluding carboxylic acids is 1. The highest BCUT2D eigenvalue weighted by molar-refractivity contribution is 5.95. The van der Waals surface area contributed by atoms with Gasteiger partial charge in [0.25, 0.3) is 0 Å². The number of rotatable bonds is 8. The van der Waals surface area contributed by atoms with Gasteiger partial charge < -0.3 is 9.47 Å². The normalized spacial score (nSPS) is 10.7. The van der Waals surface area contributed by atoms with Crippen LogP contribution < -0.4 is 9.47 Å². The van der Waals surface area contributed by atoms with Gasteiger partial charge in [0.05, 0.1) is 7.11 Å². The maximum absolute atomic E-state index is 11.7. The lowest BCUT2D eigenvalue weighted by Crippen LogP contribution is -2.03. The average Bonchev–Trinajstić information content (AvgIpc) is 2.59. The van der Waals surface area contributed by atoms with E-state index in [2.05, 4.69) is 13.8 Å². The number of ketones is 1. The Balaban J connectivity index is 2.09. The molecule has 0 spiro atoms. The summed E-state index contributed by atoms with van der Waals surface area (Å²) in [5.74, 6) is 2.44. The second-order valence-electron chi connectivity index (χ2n) is 6.33. The highest BCUT2D eigenvalue weighted by atomic mass is 16.5. The Labute approximate surface area is 144 Å². The monoisotopic (exact) mass is 326 g/mol. The van der Waals surface area contributed by atoms with Gasteiger partial charge >= 0.3 is 0 Å². The van der Waals surface area contributed by atoms with Crippen molar-refractivity contribution in [2.24, 2.45) is 5.92 Å². The van der Waals surface area contributed by atoms with Crippen molar-refractivity contribution in [2.45, 2.75) is 40.2 Å². The first kappa shape index (κ1) is 18.1. The molecule has 3 heteroatoms. The summed E-state index contributed by atoms with van der Waals surface area (Å²) in [6.45, 7) is 6.73. The summed E-state index contributed by atoms with van der Waals surface area (Å²) in [6.07, 6.45) is 1.47. The van der Waals surface area contributed by atoms with Crippen LogP contribution in [-0.4, -0.2) is 12.9 Å². The van der Waals surface area contributed by atoms with Gasteiger partial charge in [-0.3, -0.25) is 4.79 Å². The average molecular weight is 326 g/mol. The Morgan fingerprint density at radius 2 is 1.79 bits per heavy atom. The van der Waals surface area contributed by atoms with Crippen LogP contribution in [0.1, 0.15) is 48.7 Å². The van der Waals surface area contributed by atoms with Crippen molar-refractivity contribution in [2.75, 3.05) is 7.11 Å². The summed E-state index contributed by atoms with van der Waals surface area (Å²) in [7, 11) is 1.67. The SMILES string of the molecule is CCC(=O)c1ccc(COc2ccc(OC)cc2CC(C)C)cc1. The fourth-order valence-corrected chi connectivity index (χ4v) is 2.58. The standard InChI is InChI=1S/C21H26O3/c1-5-20(22)17-8-6-16(7-9-17)14-24-21-11-10-19(23-4)13-18(21)12-15(2)3/h6-11,13,15H,5,12,14H2,1-4H3. The Morgan fingerprint density at radius 1 is 1.08 bits per heavy atom. The van der Waals surface area contributed by atoms with E-state index in [0.717, 1.165) is 34.6 Å². The van der Waals surface area contributed by atoms with E-state index in [9.17, 15) is 4.79 Å². The minimum Gasteiger partial charge on any atom is -0.497 e. The van der Waals surface area contributed by atoms with E-state index in [1.807, 2.05) is 49.4 Å². The van der Waals surface area contributed by atoms with Gasteiger partial charge in [-0.2, -0.15) is 0 Å². The fraction of sp³-hybridized carbons (Fsp3) is 0.381. The van der Waals surface area contributed by atoms with Crippen LogP contribution in [0.5, 0.6) is 11.5 Å². The molecule has 0 aromatic heterocycles. The van der Waals surface area contributed by atoms with Crippen LogP contribution in [0, 0.1) is 5.92 Å². The van der Waals surface area contributed by atoms with Gasteiger partial charge in [0.2, 0.25) is 0 Å². The first-order valence-corrected chi connectivity index (χ1v) is 8.45. The van der Waals surface area contributed by atoms with E-state index in [0.29, 0.717) is 18.9 Å². The molecule has 0 saturated carbocycles. The molecule has 0 aliphatic heterocycles. The highest BCUT2D eigenvalue weighted by Gasteiger charge is 2.09. The third kappa shape index (κ3) is 4.85. The molecule has 0 aliphatic carbocycles. The van der Waals surface area contributed by atoms with Gasteiger partial charge in [-0.05, 0) is 41.7 Å². The van der Waals surface area contributed by atoms with E-state index >= 15 is 0 Å². The van der Waals surface area contributed by atoms with Crippen molar-refractivity contribution in [3.8, 4) is 11.5 Å². The lowest BCUT2D eigenvalue weighted by molar-refractivity contribution is 0.0988. The number of Topliss-reactive ketones (excluding diaryl/α,β-unsaturated/α-hetero) is 1. The molecule has 3 nitrogen and oxygen atoms in total. The molecule has 0 saturated heterocycles. The number of methoxy groups -OCH3 is 1. The maximum atomic E-state index is 11.7. The minimum absolute atomic E-state index is 0.164. The van der Waals surface area contributed by atoms with Crippen LogP contribution in [0.3, 0.4) is 0 Å². The van der Waals surface area contributed by atoms with E-state index in [1.54, 1.807) is 7.11 Å². The third-order valence-electron chi connectivity index (χ3n) is 3.89. The molecular weight excluding hydrogens is 300 g/mol. The zero-order valence-electron chi connectivity index (χ0n) is 15.0. The van der Waals surface area contributed by atoms with Crippen LogP contribution in [0.15, 0.2) is 42.5 Å². The number of carbonyl (C=O) groups is 1. The summed E-state index contributed by atoms with van der Waals surface area (Å²) in [5, 5.41) is 0. The molecule has 2 aromatic carbocycles. The van der Waals surface area contributed by atoms with Gasteiger partial charge in [0, 0.05) is 12.0 Å². The molecule has 2 rings (SSSR count). The quantitative estimate of drug-likeness (QED) is 0.636. The van der Waals surface area contributed by atoms with Crippen LogP contribution in [0.4, 0.5) is 0 Å². The zero-order chi connectivity index (χ0) is 17.5. The van der Waals surface area contributed by atoms with Crippen LogP contribution in [0.2, 0.25) is 0 Å². The maximum Gasteiger partial charge on any atom is 0.162 e. The van der Waals surface area contributed by atoms with Crippen LogP contribution in [0.25, 0.3) is 0 Å². The first-order chi connectivity index (χ1) is 11.5. The van der Waals surface area contributed by atoms with Gasteiger partial charge in [-0.25, -0.2) is 0 Å². The van der Waals surface area contributed by atoms with E-state index in [-0.39, 0.29) is 5.78 Å². The zero-order valence-corrected chi connectivity index (χ0v) is 15.0. The Bertz CT molecular complexity index is 672. The largest absolute Gasteiger partial charge is 0.497 e. The summed E-state index contributed by atoms with van der Waals surface area (Å²) < 4.78 is 11.3. The van der Waals surface area contributed by atoms with Gasteiger partial charge in [0.15, 0.2) is 5.78 Å². The van der Waals surface area contributed by atoms with Gasteiger partial charge in [-0.15, -0.1) is 0 Å².